The number of carbonyl (C=O) groups is 1. The van der Waals surface area contributed by atoms with Gasteiger partial charge >= 0.3 is 12.1 Å². The summed E-state index contributed by atoms with van der Waals surface area (Å²) in [6.07, 6.45) is -2.08. The Morgan fingerprint density at radius 1 is 1.18 bits per heavy atom. The lowest BCUT2D eigenvalue weighted by Gasteiger charge is -2.11. The molecule has 2 heterocycles. The van der Waals surface area contributed by atoms with E-state index in [-0.39, 0.29) is 29.4 Å². The van der Waals surface area contributed by atoms with Gasteiger partial charge in [-0.05, 0) is 48.4 Å². The largest absolute Gasteiger partial charge is 0.481 e. The number of hydrogen-bond donors (Lipinski definition) is 2. The van der Waals surface area contributed by atoms with Gasteiger partial charge in [0, 0.05) is 11.1 Å². The van der Waals surface area contributed by atoms with Gasteiger partial charge in [-0.3, -0.25) is 4.79 Å². The Balaban J connectivity index is 1.69. The van der Waals surface area contributed by atoms with Crippen molar-refractivity contribution in [2.24, 2.45) is 0 Å². The molecule has 4 rings (SSSR count). The Labute approximate surface area is 196 Å². The Hall–Kier alpha value is -3.38. The van der Waals surface area contributed by atoms with E-state index in [0.717, 1.165) is 38.0 Å². The van der Waals surface area contributed by atoms with Gasteiger partial charge in [-0.1, -0.05) is 29.6 Å². The van der Waals surface area contributed by atoms with Crippen LogP contribution in [0.1, 0.15) is 23.2 Å². The Morgan fingerprint density at radius 3 is 2.65 bits per heavy atom. The highest BCUT2D eigenvalue weighted by molar-refractivity contribution is 7.90. The summed E-state index contributed by atoms with van der Waals surface area (Å²) >= 11 is 1.30. The van der Waals surface area contributed by atoms with Gasteiger partial charge < -0.3 is 10.8 Å². The smallest absolute Gasteiger partial charge is 0.416 e. The number of halogens is 3. The summed E-state index contributed by atoms with van der Waals surface area (Å²) in [5.74, 6) is -1.59. The third-order valence-corrected chi connectivity index (χ3v) is 7.52. The van der Waals surface area contributed by atoms with Crippen LogP contribution in [0.25, 0.3) is 27.2 Å². The van der Waals surface area contributed by atoms with E-state index in [0.29, 0.717) is 5.13 Å². The maximum absolute atomic E-state index is 13.2. The lowest BCUT2D eigenvalue weighted by molar-refractivity contribution is -0.138. The van der Waals surface area contributed by atoms with Crippen LogP contribution in [0.4, 0.5) is 18.3 Å². The van der Waals surface area contributed by atoms with Crippen molar-refractivity contribution in [3.8, 4) is 0 Å². The molecule has 0 aliphatic heterocycles. The fourth-order valence-corrected chi connectivity index (χ4v) is 5.84. The summed E-state index contributed by atoms with van der Waals surface area (Å²) in [7, 11) is -4.05. The number of anilines is 1. The van der Waals surface area contributed by atoms with Crippen LogP contribution in [0.3, 0.4) is 0 Å². The monoisotopic (exact) mass is 509 g/mol. The number of thiazole rings is 1. The van der Waals surface area contributed by atoms with Crippen LogP contribution in [-0.4, -0.2) is 34.2 Å². The molecule has 0 amide bonds. The standard InChI is InChI=1S/C22H18F3N3O4S2/c23-22(24,25)15-4-7-18-14(11-15)12-16(5-8-20(29)30)28(18)34(31,32)9-1-2-13-3-6-17-19(10-13)33-21(26)27-17/h1-4,6-7,10-12H,5,8-9H2,(H2,26,27)(H,29,30). The number of benzene rings is 2. The number of alkyl halides is 3. The average molecular weight is 510 g/mol. The topological polar surface area (TPSA) is 115 Å². The molecule has 0 unspecified atom stereocenters. The van der Waals surface area contributed by atoms with Crippen molar-refractivity contribution in [1.82, 2.24) is 8.96 Å². The highest BCUT2D eigenvalue weighted by atomic mass is 32.2. The Bertz CT molecular complexity index is 1540. The number of carboxylic acid groups (broad SMARTS) is 1. The zero-order valence-corrected chi connectivity index (χ0v) is 19.0. The van der Waals surface area contributed by atoms with E-state index in [9.17, 15) is 26.4 Å². The third kappa shape index (κ3) is 4.92. The van der Waals surface area contributed by atoms with E-state index in [2.05, 4.69) is 4.98 Å². The highest BCUT2D eigenvalue weighted by Gasteiger charge is 2.31. The van der Waals surface area contributed by atoms with Crippen LogP contribution in [0.15, 0.2) is 48.5 Å². The minimum atomic E-state index is -4.59. The highest BCUT2D eigenvalue weighted by Crippen LogP contribution is 2.33. The maximum atomic E-state index is 13.2. The molecule has 2 aromatic carbocycles. The SMILES string of the molecule is Nc1nc2ccc(C=CCS(=O)(=O)n3c(CCC(=O)O)cc4cc(C(F)(F)F)ccc43)cc2s1. The van der Waals surface area contributed by atoms with Crippen LogP contribution in [0.2, 0.25) is 0 Å². The molecule has 3 N–H and O–H groups in total. The van der Waals surface area contributed by atoms with Crippen molar-refractivity contribution in [2.45, 2.75) is 19.0 Å². The second kappa shape index (κ2) is 8.76. The quantitative estimate of drug-likeness (QED) is 0.371. The van der Waals surface area contributed by atoms with Gasteiger partial charge in [0.1, 0.15) is 0 Å². The molecule has 4 aromatic rings. The molecule has 7 nitrogen and oxygen atoms in total. The number of carboxylic acids is 1. The summed E-state index contributed by atoms with van der Waals surface area (Å²) in [5.41, 5.74) is 6.40. The van der Waals surface area contributed by atoms with Crippen molar-refractivity contribution >= 4 is 59.7 Å². The van der Waals surface area contributed by atoms with Crippen molar-refractivity contribution in [1.29, 1.82) is 0 Å². The second-order valence-electron chi connectivity index (χ2n) is 7.53. The zero-order valence-electron chi connectivity index (χ0n) is 17.4. The van der Waals surface area contributed by atoms with E-state index in [1.54, 1.807) is 18.2 Å². The Kier molecular flexibility index (Phi) is 6.13. The molecular weight excluding hydrogens is 491 g/mol. The van der Waals surface area contributed by atoms with Gasteiger partial charge in [-0.2, -0.15) is 13.2 Å². The van der Waals surface area contributed by atoms with Crippen LogP contribution in [0, 0.1) is 0 Å². The van der Waals surface area contributed by atoms with Crippen LogP contribution in [0.5, 0.6) is 0 Å². The van der Waals surface area contributed by atoms with Crippen LogP contribution < -0.4 is 5.73 Å². The molecule has 2 aromatic heterocycles. The molecule has 0 aliphatic rings. The molecule has 12 heteroatoms. The van der Waals surface area contributed by atoms with Crippen molar-refractivity contribution < 1.29 is 31.5 Å². The van der Waals surface area contributed by atoms with Crippen LogP contribution in [-0.2, 0) is 27.4 Å². The average Bonchev–Trinajstić information content (AvgIpc) is 3.30. The van der Waals surface area contributed by atoms with Gasteiger partial charge in [0.2, 0.25) is 10.0 Å². The number of aromatic nitrogens is 2. The van der Waals surface area contributed by atoms with Crippen molar-refractivity contribution in [2.75, 3.05) is 11.5 Å². The molecule has 0 saturated heterocycles. The lowest BCUT2D eigenvalue weighted by atomic mass is 10.1. The summed E-state index contributed by atoms with van der Waals surface area (Å²) < 4.78 is 67.5. The predicted octanol–water partition coefficient (Wildman–Crippen LogP) is 4.76. The number of nitrogens with two attached hydrogens (primary N) is 1. The number of rotatable bonds is 7. The molecule has 34 heavy (non-hydrogen) atoms. The molecular formula is C22H18F3N3O4S2. The number of aliphatic carboxylic acids is 1. The molecule has 0 saturated carbocycles. The molecule has 0 radical (unpaired) electrons. The van der Waals surface area contributed by atoms with Gasteiger partial charge in [0.05, 0.1) is 33.5 Å². The molecule has 0 aliphatic carbocycles. The molecule has 0 atom stereocenters. The first-order valence-corrected chi connectivity index (χ1v) is 12.4. The Morgan fingerprint density at radius 2 is 1.94 bits per heavy atom. The summed E-state index contributed by atoms with van der Waals surface area (Å²) in [6, 6.07) is 9.38. The fraction of sp³-hybridized carbons (Fsp3) is 0.182. The maximum Gasteiger partial charge on any atom is 0.416 e. The van der Waals surface area contributed by atoms with E-state index in [4.69, 9.17) is 10.8 Å². The van der Waals surface area contributed by atoms with E-state index in [1.807, 2.05) is 6.07 Å². The summed E-state index contributed by atoms with van der Waals surface area (Å²) in [5, 5.41) is 9.49. The molecule has 0 fully saturated rings. The summed E-state index contributed by atoms with van der Waals surface area (Å²) in [6.45, 7) is 0. The van der Waals surface area contributed by atoms with Crippen LogP contribution >= 0.6 is 11.3 Å². The summed E-state index contributed by atoms with van der Waals surface area (Å²) in [4.78, 5) is 15.2. The van der Waals surface area contributed by atoms with Gasteiger partial charge in [0.25, 0.3) is 0 Å². The number of nitrogens with zero attached hydrogens (tertiary/aromatic N) is 2. The number of aryl methyl sites for hydroxylation is 1. The first-order valence-electron chi connectivity index (χ1n) is 9.93. The van der Waals surface area contributed by atoms with E-state index < -0.39 is 33.5 Å². The molecule has 178 valence electrons. The minimum Gasteiger partial charge on any atom is -0.481 e. The minimum absolute atomic E-state index is 0.0587. The molecule has 0 spiro atoms. The van der Waals surface area contributed by atoms with E-state index >= 15 is 0 Å². The van der Waals surface area contributed by atoms with Gasteiger partial charge in [-0.25, -0.2) is 17.4 Å². The second-order valence-corrected chi connectivity index (χ2v) is 10.4. The van der Waals surface area contributed by atoms with Crippen molar-refractivity contribution in [3.05, 3.63) is 65.4 Å². The number of hydrogen-bond acceptors (Lipinski definition) is 6. The van der Waals surface area contributed by atoms with E-state index in [1.165, 1.54) is 23.5 Å². The van der Waals surface area contributed by atoms with Gasteiger partial charge in [0.15, 0.2) is 5.13 Å². The van der Waals surface area contributed by atoms with Crippen molar-refractivity contribution in [3.63, 3.8) is 0 Å². The third-order valence-electron chi connectivity index (χ3n) is 5.08. The lowest BCUT2D eigenvalue weighted by Crippen LogP contribution is -2.18. The zero-order chi connectivity index (χ0) is 24.7. The predicted molar refractivity (Wildman–Crippen MR) is 125 cm³/mol. The first kappa shape index (κ1) is 23.8. The number of nitrogen functional groups attached to an aromatic ring is 1. The number of fused-ring (bicyclic) bond motifs is 2. The first-order chi connectivity index (χ1) is 15.9. The normalized spacial score (nSPS) is 12.8. The fourth-order valence-electron chi connectivity index (χ4n) is 3.60. The molecule has 0 bridgehead atoms. The van der Waals surface area contributed by atoms with Gasteiger partial charge in [-0.15, -0.1) is 0 Å².